The van der Waals surface area contributed by atoms with E-state index in [1.165, 1.54) is 36.6 Å². The highest BCUT2D eigenvalue weighted by molar-refractivity contribution is 6.05. The van der Waals surface area contributed by atoms with E-state index >= 15 is 0 Å². The Hall–Kier alpha value is -3.89. The van der Waals surface area contributed by atoms with Gasteiger partial charge in [0, 0.05) is 11.3 Å². The number of nitrogens with one attached hydrogen (secondary N) is 2. The van der Waals surface area contributed by atoms with Crippen LogP contribution in [0.25, 0.3) is 0 Å². The number of amides is 2. The number of hydrogen-bond donors (Lipinski definition) is 2. The van der Waals surface area contributed by atoms with Gasteiger partial charge in [-0.05, 0) is 48.5 Å². The largest absolute Gasteiger partial charge is 0.459 e. The van der Waals surface area contributed by atoms with Crippen molar-refractivity contribution in [2.24, 2.45) is 0 Å². The molecule has 0 bridgehead atoms. The zero-order valence-electron chi connectivity index (χ0n) is 15.4. The van der Waals surface area contributed by atoms with Gasteiger partial charge < -0.3 is 19.8 Å². The summed E-state index contributed by atoms with van der Waals surface area (Å²) in [5, 5.41) is 4.35. The van der Waals surface area contributed by atoms with E-state index in [4.69, 9.17) is 4.42 Å². The second kappa shape index (κ2) is 8.86. The molecule has 0 saturated carbocycles. The molecule has 1 heterocycles. The molecule has 0 aliphatic rings. The van der Waals surface area contributed by atoms with Crippen LogP contribution in [0.1, 0.15) is 26.5 Å². The Labute approximate surface area is 171 Å². The maximum Gasteiger partial charge on any atom is 0.418 e. The van der Waals surface area contributed by atoms with Gasteiger partial charge in [-0.2, -0.15) is 22.0 Å². The van der Waals surface area contributed by atoms with Crippen molar-refractivity contribution in [3.8, 4) is 5.75 Å². The molecule has 162 valence electrons. The fourth-order valence-corrected chi connectivity index (χ4v) is 2.57. The maximum absolute atomic E-state index is 13.5. The van der Waals surface area contributed by atoms with E-state index in [2.05, 4.69) is 15.4 Å². The minimum absolute atomic E-state index is 0.100. The molecule has 0 fully saturated rings. The van der Waals surface area contributed by atoms with E-state index in [1.807, 2.05) is 0 Å². The lowest BCUT2D eigenvalue weighted by molar-refractivity contribution is -0.136. The predicted octanol–water partition coefficient (Wildman–Crippen LogP) is 5.40. The molecule has 6 nitrogen and oxygen atoms in total. The van der Waals surface area contributed by atoms with Gasteiger partial charge in [0.05, 0.1) is 17.5 Å². The van der Waals surface area contributed by atoms with Crippen LogP contribution in [0.3, 0.4) is 0 Å². The van der Waals surface area contributed by atoms with E-state index < -0.39 is 35.9 Å². The van der Waals surface area contributed by atoms with Gasteiger partial charge in [0.2, 0.25) is 0 Å². The molecule has 0 unspecified atom stereocenters. The van der Waals surface area contributed by atoms with Crippen molar-refractivity contribution < 1.29 is 40.7 Å². The molecule has 0 saturated heterocycles. The van der Waals surface area contributed by atoms with Gasteiger partial charge >= 0.3 is 12.8 Å². The highest BCUT2D eigenvalue weighted by atomic mass is 19.4. The molecule has 11 heteroatoms. The third kappa shape index (κ3) is 5.59. The van der Waals surface area contributed by atoms with Gasteiger partial charge in [-0.3, -0.25) is 9.59 Å². The van der Waals surface area contributed by atoms with Crippen LogP contribution in [0.2, 0.25) is 0 Å². The van der Waals surface area contributed by atoms with Gasteiger partial charge in [0.1, 0.15) is 5.75 Å². The molecule has 0 atom stereocenters. The first-order valence-electron chi connectivity index (χ1n) is 8.56. The summed E-state index contributed by atoms with van der Waals surface area (Å²) < 4.78 is 74.2. The average Bonchev–Trinajstić information content (AvgIpc) is 3.23. The molecule has 0 spiro atoms. The van der Waals surface area contributed by atoms with Crippen molar-refractivity contribution in [3.63, 3.8) is 0 Å². The molecular formula is C20H13F5N2O4. The first-order chi connectivity index (χ1) is 14.6. The summed E-state index contributed by atoms with van der Waals surface area (Å²) in [4.78, 5) is 24.3. The molecule has 0 aliphatic heterocycles. The van der Waals surface area contributed by atoms with Crippen LogP contribution in [0.15, 0.2) is 65.3 Å². The predicted molar refractivity (Wildman–Crippen MR) is 99.1 cm³/mol. The fraction of sp³-hybridized carbons (Fsp3) is 0.100. The Kier molecular flexibility index (Phi) is 6.23. The van der Waals surface area contributed by atoms with E-state index in [9.17, 15) is 31.5 Å². The van der Waals surface area contributed by atoms with Gasteiger partial charge in [-0.25, -0.2) is 0 Å². The molecule has 2 N–H and O–H groups in total. The van der Waals surface area contributed by atoms with Crippen molar-refractivity contribution >= 4 is 23.2 Å². The number of hydrogen-bond acceptors (Lipinski definition) is 4. The molecular weight excluding hydrogens is 427 g/mol. The third-order valence-electron chi connectivity index (χ3n) is 3.90. The molecule has 1 aromatic heterocycles. The maximum atomic E-state index is 13.5. The Bertz CT molecular complexity index is 1080. The Morgan fingerprint density at radius 3 is 2.35 bits per heavy atom. The topological polar surface area (TPSA) is 80.6 Å². The van der Waals surface area contributed by atoms with Gasteiger partial charge in [0.25, 0.3) is 11.8 Å². The third-order valence-corrected chi connectivity index (χ3v) is 3.90. The Morgan fingerprint density at radius 1 is 0.935 bits per heavy atom. The summed E-state index contributed by atoms with van der Waals surface area (Å²) in [5.74, 6) is -2.16. The van der Waals surface area contributed by atoms with Crippen molar-refractivity contribution in [2.45, 2.75) is 12.8 Å². The average molecular weight is 440 g/mol. The van der Waals surface area contributed by atoms with Gasteiger partial charge in [0.15, 0.2) is 5.76 Å². The van der Waals surface area contributed by atoms with E-state index in [1.54, 1.807) is 0 Å². The number of alkyl halides is 5. The first-order valence-corrected chi connectivity index (χ1v) is 8.56. The number of halogens is 5. The standard InChI is InChI=1S/C20H13F5N2O4/c21-19(22)31-13-4-1-3-11(9-13)17(28)27-15-7-6-12(10-14(15)20(23,24)25)26-18(29)16-5-2-8-30-16/h1-10,19H,(H,26,29)(H,27,28). The van der Waals surface area contributed by atoms with E-state index in [-0.39, 0.29) is 22.8 Å². The molecule has 3 rings (SSSR count). The van der Waals surface area contributed by atoms with Crippen LogP contribution in [0.5, 0.6) is 5.75 Å². The first kappa shape index (κ1) is 21.8. The van der Waals surface area contributed by atoms with Crippen LogP contribution < -0.4 is 15.4 Å². The number of benzene rings is 2. The summed E-state index contributed by atoms with van der Waals surface area (Å²) in [6.45, 7) is -3.13. The normalized spacial score (nSPS) is 11.3. The summed E-state index contributed by atoms with van der Waals surface area (Å²) >= 11 is 0. The highest BCUT2D eigenvalue weighted by Gasteiger charge is 2.34. The summed E-state index contributed by atoms with van der Waals surface area (Å²) in [7, 11) is 0. The summed E-state index contributed by atoms with van der Waals surface area (Å²) in [6.07, 6.45) is -3.63. The molecule has 0 radical (unpaired) electrons. The smallest absolute Gasteiger partial charge is 0.418 e. The SMILES string of the molecule is O=C(Nc1ccc(NC(=O)c2ccco2)cc1C(F)(F)F)c1cccc(OC(F)F)c1. The Morgan fingerprint density at radius 2 is 1.71 bits per heavy atom. The molecule has 3 aromatic rings. The number of carbonyl (C=O) groups excluding carboxylic acids is 2. The second-order valence-electron chi connectivity index (χ2n) is 6.05. The van der Waals surface area contributed by atoms with E-state index in [0.717, 1.165) is 18.2 Å². The van der Waals surface area contributed by atoms with Gasteiger partial charge in [-0.1, -0.05) is 6.07 Å². The lowest BCUT2D eigenvalue weighted by Crippen LogP contribution is -2.18. The second-order valence-corrected chi connectivity index (χ2v) is 6.05. The number of rotatable bonds is 6. The lowest BCUT2D eigenvalue weighted by atomic mass is 10.1. The minimum atomic E-state index is -4.87. The minimum Gasteiger partial charge on any atom is -0.459 e. The summed E-state index contributed by atoms with van der Waals surface area (Å²) in [6, 6.07) is 10.1. The van der Waals surface area contributed by atoms with E-state index in [0.29, 0.717) is 6.07 Å². The Balaban J connectivity index is 1.83. The van der Waals surface area contributed by atoms with Crippen LogP contribution in [-0.4, -0.2) is 18.4 Å². The van der Waals surface area contributed by atoms with Crippen molar-refractivity contribution in [2.75, 3.05) is 10.6 Å². The zero-order valence-corrected chi connectivity index (χ0v) is 15.4. The van der Waals surface area contributed by atoms with Gasteiger partial charge in [-0.15, -0.1) is 0 Å². The molecule has 0 aliphatic carbocycles. The fourth-order valence-electron chi connectivity index (χ4n) is 2.57. The molecule has 2 amide bonds. The van der Waals surface area contributed by atoms with Crippen LogP contribution in [0, 0.1) is 0 Å². The molecule has 31 heavy (non-hydrogen) atoms. The van der Waals surface area contributed by atoms with Crippen molar-refractivity contribution in [1.29, 1.82) is 0 Å². The number of carbonyl (C=O) groups is 2. The van der Waals surface area contributed by atoms with Crippen LogP contribution >= 0.6 is 0 Å². The molecule has 2 aromatic carbocycles. The highest BCUT2D eigenvalue weighted by Crippen LogP contribution is 2.37. The van der Waals surface area contributed by atoms with Crippen molar-refractivity contribution in [3.05, 3.63) is 77.7 Å². The lowest BCUT2D eigenvalue weighted by Gasteiger charge is -2.16. The number of anilines is 2. The summed E-state index contributed by atoms with van der Waals surface area (Å²) in [5.41, 5.74) is -2.19. The number of furan rings is 1. The zero-order chi connectivity index (χ0) is 22.6. The monoisotopic (exact) mass is 440 g/mol. The van der Waals surface area contributed by atoms with Crippen molar-refractivity contribution in [1.82, 2.24) is 0 Å². The number of ether oxygens (including phenoxy) is 1. The van der Waals surface area contributed by atoms with Crippen LogP contribution in [-0.2, 0) is 6.18 Å². The quantitative estimate of drug-likeness (QED) is 0.503. The van der Waals surface area contributed by atoms with Crippen LogP contribution in [0.4, 0.5) is 33.3 Å².